The van der Waals surface area contributed by atoms with Crippen molar-refractivity contribution in [1.29, 1.82) is 0 Å². The minimum absolute atomic E-state index is 0.174. The molecular formula is C12H24N2O2. The van der Waals surface area contributed by atoms with Gasteiger partial charge in [0.05, 0.1) is 0 Å². The zero-order valence-electron chi connectivity index (χ0n) is 10.9. The fourth-order valence-electron chi connectivity index (χ4n) is 1.73. The molecule has 1 aliphatic rings. The summed E-state index contributed by atoms with van der Waals surface area (Å²) in [7, 11) is 0. The van der Waals surface area contributed by atoms with E-state index in [-0.39, 0.29) is 11.7 Å². The van der Waals surface area contributed by atoms with Gasteiger partial charge in [0.1, 0.15) is 5.60 Å². The molecule has 0 aromatic carbocycles. The number of piperazine rings is 1. The number of ether oxygens (including phenoxy) is 1. The average molecular weight is 228 g/mol. The third-order valence-electron chi connectivity index (χ3n) is 3.52. The second-order valence-electron chi connectivity index (χ2n) is 5.02. The zero-order valence-corrected chi connectivity index (χ0v) is 10.9. The quantitative estimate of drug-likeness (QED) is 0.801. The Morgan fingerprint density at radius 3 is 2.50 bits per heavy atom. The number of hydrogen-bond acceptors (Lipinski definition) is 3. The monoisotopic (exact) mass is 228 g/mol. The lowest BCUT2D eigenvalue weighted by Crippen LogP contribution is -2.49. The van der Waals surface area contributed by atoms with E-state index >= 15 is 0 Å². The summed E-state index contributed by atoms with van der Waals surface area (Å²) in [5.41, 5.74) is -0.378. The van der Waals surface area contributed by atoms with Crippen molar-refractivity contribution >= 4 is 6.09 Å². The number of carbonyl (C=O) groups excluding carboxylic acids is 1. The van der Waals surface area contributed by atoms with Crippen molar-refractivity contribution in [2.24, 2.45) is 5.92 Å². The van der Waals surface area contributed by atoms with Gasteiger partial charge < -0.3 is 15.0 Å². The molecule has 1 atom stereocenters. The molecule has 1 fully saturated rings. The van der Waals surface area contributed by atoms with Crippen LogP contribution in [0.5, 0.6) is 0 Å². The third kappa shape index (κ3) is 3.37. The Labute approximate surface area is 98.3 Å². The normalized spacial score (nSPS) is 19.4. The highest BCUT2D eigenvalue weighted by molar-refractivity contribution is 5.68. The van der Waals surface area contributed by atoms with Gasteiger partial charge >= 0.3 is 6.09 Å². The van der Waals surface area contributed by atoms with Gasteiger partial charge in [-0.25, -0.2) is 4.79 Å². The third-order valence-corrected chi connectivity index (χ3v) is 3.52. The Hall–Kier alpha value is -0.770. The lowest BCUT2D eigenvalue weighted by molar-refractivity contribution is -0.0218. The van der Waals surface area contributed by atoms with Gasteiger partial charge in [-0.2, -0.15) is 0 Å². The average Bonchev–Trinajstić information content (AvgIpc) is 2.28. The fraction of sp³-hybridized carbons (Fsp3) is 0.917. The van der Waals surface area contributed by atoms with Crippen molar-refractivity contribution in [3.63, 3.8) is 0 Å². The summed E-state index contributed by atoms with van der Waals surface area (Å²) in [6.45, 7) is 11.4. The van der Waals surface area contributed by atoms with E-state index in [0.717, 1.165) is 32.6 Å². The number of hydrogen-bond donors (Lipinski definition) is 1. The number of amides is 1. The van der Waals surface area contributed by atoms with Crippen LogP contribution in [-0.4, -0.2) is 42.8 Å². The molecule has 1 unspecified atom stereocenters. The summed E-state index contributed by atoms with van der Waals surface area (Å²) in [6.07, 6.45) is 0.841. The Bertz CT molecular complexity index is 235. The van der Waals surface area contributed by atoms with Crippen LogP contribution in [0.15, 0.2) is 0 Å². The van der Waals surface area contributed by atoms with E-state index in [2.05, 4.69) is 19.2 Å². The molecule has 0 aliphatic carbocycles. The van der Waals surface area contributed by atoms with Crippen LogP contribution in [0.2, 0.25) is 0 Å². The number of carbonyl (C=O) groups is 1. The molecule has 1 heterocycles. The standard InChI is InChI=1S/C12H24N2O2/c1-5-10(2)12(3,4)16-11(15)14-8-6-13-7-9-14/h10,13H,5-9H2,1-4H3. The van der Waals surface area contributed by atoms with Gasteiger partial charge in [0.25, 0.3) is 0 Å². The summed E-state index contributed by atoms with van der Waals surface area (Å²) in [4.78, 5) is 13.7. The predicted octanol–water partition coefficient (Wildman–Crippen LogP) is 1.85. The Balaban J connectivity index is 2.48. The van der Waals surface area contributed by atoms with Crippen LogP contribution < -0.4 is 5.32 Å². The van der Waals surface area contributed by atoms with Crippen molar-refractivity contribution in [3.05, 3.63) is 0 Å². The molecular weight excluding hydrogens is 204 g/mol. The van der Waals surface area contributed by atoms with E-state index in [4.69, 9.17) is 4.74 Å². The molecule has 4 nitrogen and oxygen atoms in total. The smallest absolute Gasteiger partial charge is 0.410 e. The molecule has 1 N–H and O–H groups in total. The van der Waals surface area contributed by atoms with Crippen LogP contribution >= 0.6 is 0 Å². The first kappa shape index (κ1) is 13.3. The molecule has 1 saturated heterocycles. The summed E-state index contributed by atoms with van der Waals surface area (Å²) < 4.78 is 5.59. The number of nitrogens with zero attached hydrogens (tertiary/aromatic N) is 1. The van der Waals surface area contributed by atoms with Gasteiger partial charge in [0.15, 0.2) is 0 Å². The predicted molar refractivity (Wildman–Crippen MR) is 64.5 cm³/mol. The van der Waals surface area contributed by atoms with E-state index in [9.17, 15) is 4.79 Å². The van der Waals surface area contributed by atoms with Crippen LogP contribution in [-0.2, 0) is 4.74 Å². The van der Waals surface area contributed by atoms with E-state index in [1.807, 2.05) is 13.8 Å². The molecule has 94 valence electrons. The topological polar surface area (TPSA) is 41.6 Å². The number of rotatable bonds is 3. The van der Waals surface area contributed by atoms with Crippen molar-refractivity contribution in [1.82, 2.24) is 10.2 Å². The van der Waals surface area contributed by atoms with E-state index < -0.39 is 0 Å². The Morgan fingerprint density at radius 1 is 1.44 bits per heavy atom. The van der Waals surface area contributed by atoms with Gasteiger partial charge in [-0.15, -0.1) is 0 Å². The first-order valence-corrected chi connectivity index (χ1v) is 6.16. The lowest BCUT2D eigenvalue weighted by Gasteiger charge is -2.35. The second-order valence-corrected chi connectivity index (χ2v) is 5.02. The van der Waals surface area contributed by atoms with Crippen molar-refractivity contribution in [2.45, 2.75) is 39.7 Å². The minimum atomic E-state index is -0.378. The van der Waals surface area contributed by atoms with Crippen molar-refractivity contribution in [3.8, 4) is 0 Å². The van der Waals surface area contributed by atoms with Gasteiger partial charge in [0, 0.05) is 26.2 Å². The molecule has 1 rings (SSSR count). The maximum Gasteiger partial charge on any atom is 0.410 e. The SMILES string of the molecule is CCC(C)C(C)(C)OC(=O)N1CCNCC1. The fourth-order valence-corrected chi connectivity index (χ4v) is 1.73. The summed E-state index contributed by atoms with van der Waals surface area (Å²) in [5.74, 6) is 0.374. The first-order valence-electron chi connectivity index (χ1n) is 6.16. The largest absolute Gasteiger partial charge is 0.443 e. The molecule has 0 saturated carbocycles. The molecule has 1 aliphatic heterocycles. The highest BCUT2D eigenvalue weighted by Gasteiger charge is 2.31. The Kier molecular flexibility index (Phi) is 4.59. The van der Waals surface area contributed by atoms with Gasteiger partial charge in [-0.05, 0) is 26.2 Å². The van der Waals surface area contributed by atoms with Crippen LogP contribution in [0.1, 0.15) is 34.1 Å². The van der Waals surface area contributed by atoms with Crippen molar-refractivity contribution in [2.75, 3.05) is 26.2 Å². The molecule has 0 spiro atoms. The maximum atomic E-state index is 11.9. The molecule has 4 heteroatoms. The van der Waals surface area contributed by atoms with E-state index in [0.29, 0.717) is 5.92 Å². The van der Waals surface area contributed by atoms with E-state index in [1.54, 1.807) is 4.90 Å². The van der Waals surface area contributed by atoms with Crippen molar-refractivity contribution < 1.29 is 9.53 Å². The summed E-state index contributed by atoms with van der Waals surface area (Å²) >= 11 is 0. The zero-order chi connectivity index (χ0) is 12.2. The second kappa shape index (κ2) is 5.53. The van der Waals surface area contributed by atoms with E-state index in [1.165, 1.54) is 0 Å². The number of nitrogens with one attached hydrogen (secondary N) is 1. The maximum absolute atomic E-state index is 11.9. The molecule has 1 amide bonds. The lowest BCUT2D eigenvalue weighted by atomic mass is 9.90. The van der Waals surface area contributed by atoms with Crippen LogP contribution in [0.3, 0.4) is 0 Å². The molecule has 0 radical (unpaired) electrons. The minimum Gasteiger partial charge on any atom is -0.443 e. The first-order chi connectivity index (χ1) is 7.47. The molecule has 16 heavy (non-hydrogen) atoms. The summed E-state index contributed by atoms with van der Waals surface area (Å²) in [5, 5.41) is 3.22. The Morgan fingerprint density at radius 2 is 2.00 bits per heavy atom. The van der Waals surface area contributed by atoms with Gasteiger partial charge in [-0.3, -0.25) is 0 Å². The highest BCUT2D eigenvalue weighted by atomic mass is 16.6. The molecule has 0 bridgehead atoms. The molecule has 0 aromatic heterocycles. The van der Waals surface area contributed by atoms with Gasteiger partial charge in [-0.1, -0.05) is 13.8 Å². The highest BCUT2D eigenvalue weighted by Crippen LogP contribution is 2.24. The molecule has 0 aromatic rings. The van der Waals surface area contributed by atoms with Crippen LogP contribution in [0.4, 0.5) is 4.79 Å². The summed E-state index contributed by atoms with van der Waals surface area (Å²) in [6, 6.07) is 0. The van der Waals surface area contributed by atoms with Gasteiger partial charge in [0.2, 0.25) is 0 Å². The van der Waals surface area contributed by atoms with Crippen LogP contribution in [0, 0.1) is 5.92 Å². The van der Waals surface area contributed by atoms with Crippen LogP contribution in [0.25, 0.3) is 0 Å².